The van der Waals surface area contributed by atoms with Crippen molar-refractivity contribution in [1.82, 2.24) is 0 Å². The summed E-state index contributed by atoms with van der Waals surface area (Å²) < 4.78 is 0. The Bertz CT molecular complexity index is 1260. The van der Waals surface area contributed by atoms with E-state index in [0.29, 0.717) is 16.3 Å². The maximum absolute atomic E-state index is 13.4. The highest BCUT2D eigenvalue weighted by atomic mass is 35.5. The number of hydrogen-bond donors (Lipinski definition) is 1. The van der Waals surface area contributed by atoms with Gasteiger partial charge >= 0.3 is 0 Å². The summed E-state index contributed by atoms with van der Waals surface area (Å²) >= 11 is 12.4. The van der Waals surface area contributed by atoms with Crippen molar-refractivity contribution in [2.75, 3.05) is 4.90 Å². The smallest absolute Gasteiger partial charge is 0.280 e. The average molecular weight is 471 g/mol. The maximum atomic E-state index is 13.4. The van der Waals surface area contributed by atoms with Crippen molar-refractivity contribution in [3.63, 3.8) is 0 Å². The Morgan fingerprint density at radius 3 is 2.47 bits per heavy atom. The lowest BCUT2D eigenvalue weighted by atomic mass is 9.87. The average Bonchev–Trinajstić information content (AvgIpc) is 2.96. The van der Waals surface area contributed by atoms with Crippen molar-refractivity contribution < 1.29 is 19.6 Å². The van der Waals surface area contributed by atoms with Gasteiger partial charge in [-0.2, -0.15) is 0 Å². The number of nitrogens with zero attached hydrogens (tertiary/aromatic N) is 2. The van der Waals surface area contributed by atoms with E-state index in [1.807, 2.05) is 0 Å². The van der Waals surface area contributed by atoms with Gasteiger partial charge in [0, 0.05) is 21.7 Å². The predicted molar refractivity (Wildman–Crippen MR) is 120 cm³/mol. The first-order chi connectivity index (χ1) is 15.2. The van der Waals surface area contributed by atoms with Crippen LogP contribution >= 0.6 is 23.2 Å². The first-order valence-electron chi connectivity index (χ1n) is 9.57. The summed E-state index contributed by atoms with van der Waals surface area (Å²) in [6.07, 6.45) is -0.678. The number of nitro groups is 1. The topological polar surface area (TPSA) is 101 Å². The highest BCUT2D eigenvalue weighted by Gasteiger charge is 2.51. The number of anilines is 1. The fourth-order valence-corrected chi connectivity index (χ4v) is 4.21. The van der Waals surface area contributed by atoms with Crippen LogP contribution in [0.15, 0.2) is 66.7 Å². The summed E-state index contributed by atoms with van der Waals surface area (Å²) in [6, 6.07) is 17.0. The number of rotatable bonds is 6. The lowest BCUT2D eigenvalue weighted by Gasteiger charge is -2.23. The first kappa shape index (κ1) is 22.0. The first-order valence-corrected chi connectivity index (χ1v) is 10.3. The summed E-state index contributed by atoms with van der Waals surface area (Å²) in [5, 5.41) is 23.5. The third-order valence-electron chi connectivity index (χ3n) is 5.40. The van der Waals surface area contributed by atoms with Gasteiger partial charge in [-0.25, -0.2) is 0 Å². The highest BCUT2D eigenvalue weighted by Crippen LogP contribution is 2.45. The lowest BCUT2D eigenvalue weighted by Crippen LogP contribution is -2.41. The Morgan fingerprint density at radius 1 is 1.06 bits per heavy atom. The van der Waals surface area contributed by atoms with Gasteiger partial charge < -0.3 is 10.0 Å². The van der Waals surface area contributed by atoms with Crippen molar-refractivity contribution >= 4 is 46.3 Å². The maximum Gasteiger partial charge on any atom is 0.280 e. The van der Waals surface area contributed by atoms with Gasteiger partial charge in [0.15, 0.2) is 11.4 Å². The molecule has 0 radical (unpaired) electrons. The van der Waals surface area contributed by atoms with E-state index in [0.717, 1.165) is 0 Å². The molecule has 0 saturated heterocycles. The number of amides is 1. The zero-order valence-electron chi connectivity index (χ0n) is 16.5. The van der Waals surface area contributed by atoms with E-state index in [1.54, 1.807) is 36.4 Å². The summed E-state index contributed by atoms with van der Waals surface area (Å²) in [5.74, 6) is -1.47. The summed E-state index contributed by atoms with van der Waals surface area (Å²) in [4.78, 5) is 38.4. The largest absolute Gasteiger partial charge is 0.375 e. The SMILES string of the molecule is O=C(CC1(O)C(=O)N(Cc2ccccc2Cl)c2ccc(Cl)cc21)c1ccccc1[N+](=O)[O-]. The van der Waals surface area contributed by atoms with Gasteiger partial charge in [-0.1, -0.05) is 53.5 Å². The quantitative estimate of drug-likeness (QED) is 0.313. The number of nitro benzene ring substituents is 1. The van der Waals surface area contributed by atoms with E-state index < -0.39 is 34.3 Å². The van der Waals surface area contributed by atoms with Crippen LogP contribution in [0.2, 0.25) is 10.0 Å². The van der Waals surface area contributed by atoms with E-state index in [-0.39, 0.29) is 22.7 Å². The number of aliphatic hydroxyl groups is 1. The van der Waals surface area contributed by atoms with E-state index >= 15 is 0 Å². The van der Waals surface area contributed by atoms with Crippen molar-refractivity contribution in [3.05, 3.63) is 104 Å². The summed E-state index contributed by atoms with van der Waals surface area (Å²) in [5.41, 5.74) is -1.62. The van der Waals surface area contributed by atoms with Crippen molar-refractivity contribution in [2.45, 2.75) is 18.6 Å². The molecular weight excluding hydrogens is 455 g/mol. The molecule has 1 atom stereocenters. The molecule has 3 aromatic rings. The van der Waals surface area contributed by atoms with Crippen LogP contribution in [0.1, 0.15) is 27.9 Å². The molecule has 1 N–H and O–H groups in total. The molecule has 0 bridgehead atoms. The van der Waals surface area contributed by atoms with Crippen molar-refractivity contribution in [3.8, 4) is 0 Å². The summed E-state index contributed by atoms with van der Waals surface area (Å²) in [7, 11) is 0. The number of para-hydroxylation sites is 1. The van der Waals surface area contributed by atoms with Gasteiger partial charge in [-0.15, -0.1) is 0 Å². The molecule has 0 saturated carbocycles. The number of carbonyl (C=O) groups is 2. The number of ketones is 1. The Hall–Kier alpha value is -3.26. The molecule has 0 fully saturated rings. The number of benzene rings is 3. The van der Waals surface area contributed by atoms with Gasteiger partial charge in [-0.3, -0.25) is 19.7 Å². The Morgan fingerprint density at radius 2 is 1.75 bits per heavy atom. The number of carbonyl (C=O) groups excluding carboxylic acids is 2. The second-order valence-corrected chi connectivity index (χ2v) is 8.22. The molecular formula is C23H16Cl2N2O5. The van der Waals surface area contributed by atoms with Gasteiger partial charge in [0.1, 0.15) is 0 Å². The van der Waals surface area contributed by atoms with Crippen LogP contribution in [-0.4, -0.2) is 21.7 Å². The molecule has 162 valence electrons. The minimum absolute atomic E-state index is 0.0646. The molecule has 0 aromatic heterocycles. The van der Waals surface area contributed by atoms with Crippen LogP contribution in [0.25, 0.3) is 0 Å². The lowest BCUT2D eigenvalue weighted by molar-refractivity contribution is -0.385. The van der Waals surface area contributed by atoms with E-state index in [4.69, 9.17) is 23.2 Å². The number of fused-ring (bicyclic) bond motifs is 1. The molecule has 3 aromatic carbocycles. The van der Waals surface area contributed by atoms with E-state index in [9.17, 15) is 24.8 Å². The molecule has 1 aliphatic heterocycles. The second kappa shape index (κ2) is 8.35. The predicted octanol–water partition coefficient (Wildman–Crippen LogP) is 4.91. The molecule has 7 nitrogen and oxygen atoms in total. The zero-order valence-corrected chi connectivity index (χ0v) is 18.0. The number of halogens is 2. The van der Waals surface area contributed by atoms with Gasteiger partial charge in [0.25, 0.3) is 11.6 Å². The van der Waals surface area contributed by atoms with Crippen LogP contribution in [0.4, 0.5) is 11.4 Å². The zero-order chi connectivity index (χ0) is 23.0. The standard InChI is InChI=1S/C23H16Cl2N2O5/c24-15-9-10-20-17(11-15)23(30,12-21(28)16-6-2-4-8-19(16)27(31)32)22(29)26(20)13-14-5-1-3-7-18(14)25/h1-11,30H,12-13H2. The normalized spacial score (nSPS) is 17.3. The van der Waals surface area contributed by atoms with E-state index in [1.165, 1.54) is 35.2 Å². The van der Waals surface area contributed by atoms with E-state index in [2.05, 4.69) is 0 Å². The van der Waals surface area contributed by atoms with Crippen LogP contribution in [0, 0.1) is 10.1 Å². The fourth-order valence-electron chi connectivity index (χ4n) is 3.84. The fraction of sp³-hybridized carbons (Fsp3) is 0.130. The van der Waals surface area contributed by atoms with Gasteiger partial charge in [0.05, 0.1) is 29.1 Å². The monoisotopic (exact) mass is 470 g/mol. The molecule has 1 unspecified atom stereocenters. The van der Waals surface area contributed by atoms with Gasteiger partial charge in [0.2, 0.25) is 0 Å². The molecule has 9 heteroatoms. The van der Waals surface area contributed by atoms with Gasteiger partial charge in [-0.05, 0) is 35.9 Å². The Labute approximate surface area is 193 Å². The molecule has 32 heavy (non-hydrogen) atoms. The molecule has 0 aliphatic carbocycles. The second-order valence-electron chi connectivity index (χ2n) is 7.38. The minimum atomic E-state index is -2.23. The van der Waals surface area contributed by atoms with Crippen molar-refractivity contribution in [1.29, 1.82) is 0 Å². The Kier molecular flexibility index (Phi) is 5.73. The molecule has 4 rings (SSSR count). The van der Waals surface area contributed by atoms with Crippen molar-refractivity contribution in [2.24, 2.45) is 0 Å². The molecule has 1 heterocycles. The molecule has 0 spiro atoms. The third kappa shape index (κ3) is 3.75. The van der Waals surface area contributed by atoms with Crippen LogP contribution in [0.5, 0.6) is 0 Å². The highest BCUT2D eigenvalue weighted by molar-refractivity contribution is 6.31. The van der Waals surface area contributed by atoms with Crippen LogP contribution < -0.4 is 4.90 Å². The van der Waals surface area contributed by atoms with Crippen LogP contribution in [-0.2, 0) is 16.9 Å². The third-order valence-corrected chi connectivity index (χ3v) is 6.00. The number of Topliss-reactive ketones (excluding diaryl/α,β-unsaturated/α-hetero) is 1. The molecule has 1 aliphatic rings. The summed E-state index contributed by atoms with van der Waals surface area (Å²) in [6.45, 7) is 0.0646. The minimum Gasteiger partial charge on any atom is -0.375 e. The Balaban J connectivity index is 1.75. The number of hydrogen-bond acceptors (Lipinski definition) is 5. The molecule has 1 amide bonds. The van der Waals surface area contributed by atoms with Crippen LogP contribution in [0.3, 0.4) is 0 Å².